The number of benzene rings is 1. The van der Waals surface area contributed by atoms with Crippen LogP contribution >= 0.6 is 11.6 Å². The van der Waals surface area contributed by atoms with Crippen LogP contribution in [-0.2, 0) is 9.59 Å². The minimum atomic E-state index is -0.352. The van der Waals surface area contributed by atoms with Gasteiger partial charge in [-0.25, -0.2) is 4.98 Å². The molecule has 2 aromatic rings. The van der Waals surface area contributed by atoms with Crippen molar-refractivity contribution < 1.29 is 9.59 Å². The second-order valence-corrected chi connectivity index (χ2v) is 6.11. The molecule has 118 valence electrons. The summed E-state index contributed by atoms with van der Waals surface area (Å²) in [5, 5.41) is 2.61. The van der Waals surface area contributed by atoms with Gasteiger partial charge in [-0.15, -0.1) is 0 Å². The Bertz CT molecular complexity index is 878. The highest BCUT2D eigenvalue weighted by Crippen LogP contribution is 2.28. The van der Waals surface area contributed by atoms with Gasteiger partial charge in [-0.05, 0) is 51.0 Å². The number of rotatable bonds is 2. The largest absolute Gasteiger partial charge is 0.275 e. The summed E-state index contributed by atoms with van der Waals surface area (Å²) in [4.78, 5) is 28.8. The third-order valence-electron chi connectivity index (χ3n) is 4.21. The maximum Gasteiger partial charge on any atom is 0.275 e. The lowest BCUT2D eigenvalue weighted by atomic mass is 10.1. The minimum absolute atomic E-state index is 0.352. The van der Waals surface area contributed by atoms with Crippen LogP contribution in [0.25, 0.3) is 10.9 Å². The molecule has 0 spiro atoms. The zero-order valence-corrected chi connectivity index (χ0v) is 14.1. The van der Waals surface area contributed by atoms with Gasteiger partial charge in [0, 0.05) is 21.6 Å². The zero-order valence-electron chi connectivity index (χ0n) is 13.3. The molecular weight excluding hydrogens is 314 g/mol. The number of nitrogens with one attached hydrogen (secondary N) is 1. The van der Waals surface area contributed by atoms with Crippen LogP contribution < -0.4 is 5.43 Å². The molecule has 23 heavy (non-hydrogen) atoms. The molecule has 2 heterocycles. The van der Waals surface area contributed by atoms with Gasteiger partial charge in [0.1, 0.15) is 5.82 Å². The quantitative estimate of drug-likeness (QED) is 0.856. The highest BCUT2D eigenvalue weighted by molar-refractivity contribution is 6.32. The lowest BCUT2D eigenvalue weighted by Gasteiger charge is -2.18. The number of pyridine rings is 1. The Kier molecular flexibility index (Phi) is 3.60. The van der Waals surface area contributed by atoms with Crippen molar-refractivity contribution in [1.82, 2.24) is 9.99 Å². The van der Waals surface area contributed by atoms with Crippen LogP contribution in [0, 0.1) is 13.8 Å². The van der Waals surface area contributed by atoms with Crippen molar-refractivity contribution in [3.63, 3.8) is 0 Å². The van der Waals surface area contributed by atoms with Gasteiger partial charge in [-0.3, -0.25) is 15.0 Å². The average molecular weight is 330 g/mol. The van der Waals surface area contributed by atoms with Crippen molar-refractivity contribution in [1.29, 1.82) is 0 Å². The summed E-state index contributed by atoms with van der Waals surface area (Å²) in [6.07, 6.45) is 0. The molecule has 1 aliphatic heterocycles. The van der Waals surface area contributed by atoms with E-state index in [4.69, 9.17) is 11.6 Å². The minimum Gasteiger partial charge on any atom is -0.271 e. The van der Waals surface area contributed by atoms with E-state index in [2.05, 4.69) is 10.4 Å². The summed E-state index contributed by atoms with van der Waals surface area (Å²) >= 11 is 6.16. The molecule has 0 saturated carbocycles. The first-order valence-electron chi connectivity index (χ1n) is 7.20. The van der Waals surface area contributed by atoms with Crippen LogP contribution in [-0.4, -0.2) is 21.8 Å². The van der Waals surface area contributed by atoms with Crippen LogP contribution in [0.5, 0.6) is 0 Å². The maximum absolute atomic E-state index is 12.1. The monoisotopic (exact) mass is 329 g/mol. The van der Waals surface area contributed by atoms with Crippen molar-refractivity contribution in [2.24, 2.45) is 0 Å². The molecule has 0 unspecified atom stereocenters. The van der Waals surface area contributed by atoms with Crippen LogP contribution in [0.2, 0.25) is 5.02 Å². The molecule has 0 atom stereocenters. The number of aryl methyl sites for hydroxylation is 2. The number of imide groups is 1. The van der Waals surface area contributed by atoms with Crippen molar-refractivity contribution in [2.45, 2.75) is 27.7 Å². The second-order valence-electron chi connectivity index (χ2n) is 5.70. The second kappa shape index (κ2) is 5.35. The Morgan fingerprint density at radius 1 is 1.04 bits per heavy atom. The predicted octanol–water partition coefficient (Wildman–Crippen LogP) is 3.54. The van der Waals surface area contributed by atoms with Crippen LogP contribution in [0.1, 0.15) is 25.0 Å². The van der Waals surface area contributed by atoms with Gasteiger partial charge in [0.25, 0.3) is 11.8 Å². The number of halogens is 1. The first kappa shape index (κ1) is 15.5. The summed E-state index contributed by atoms with van der Waals surface area (Å²) in [5.41, 5.74) is 6.30. The van der Waals surface area contributed by atoms with Gasteiger partial charge in [0.15, 0.2) is 0 Å². The summed E-state index contributed by atoms with van der Waals surface area (Å²) in [6.45, 7) is 7.12. The van der Waals surface area contributed by atoms with Gasteiger partial charge in [0.2, 0.25) is 0 Å². The number of aromatic nitrogens is 1. The summed E-state index contributed by atoms with van der Waals surface area (Å²) < 4.78 is 0. The smallest absolute Gasteiger partial charge is 0.271 e. The molecule has 5 nitrogen and oxygen atoms in total. The predicted molar refractivity (Wildman–Crippen MR) is 90.1 cm³/mol. The van der Waals surface area contributed by atoms with Crippen molar-refractivity contribution >= 4 is 40.1 Å². The van der Waals surface area contributed by atoms with E-state index in [0.29, 0.717) is 22.0 Å². The van der Waals surface area contributed by atoms with Crippen molar-refractivity contribution in [3.05, 3.63) is 45.5 Å². The number of amides is 2. The fourth-order valence-corrected chi connectivity index (χ4v) is 2.75. The van der Waals surface area contributed by atoms with Crippen molar-refractivity contribution in [3.8, 4) is 0 Å². The Morgan fingerprint density at radius 3 is 2.26 bits per heavy atom. The number of hydrogen-bond donors (Lipinski definition) is 1. The number of carbonyl (C=O) groups is 2. The van der Waals surface area contributed by atoms with Crippen molar-refractivity contribution in [2.75, 3.05) is 5.43 Å². The van der Waals surface area contributed by atoms with Crippen LogP contribution in [0.4, 0.5) is 5.82 Å². The molecule has 2 amide bonds. The molecule has 1 aromatic heterocycles. The highest BCUT2D eigenvalue weighted by atomic mass is 35.5. The molecule has 3 rings (SSSR count). The average Bonchev–Trinajstić information content (AvgIpc) is 2.69. The molecule has 0 aliphatic carbocycles. The third kappa shape index (κ3) is 2.37. The first-order valence-corrected chi connectivity index (χ1v) is 7.58. The normalized spacial score (nSPS) is 15.1. The lowest BCUT2D eigenvalue weighted by Crippen LogP contribution is -2.37. The highest BCUT2D eigenvalue weighted by Gasteiger charge is 2.34. The number of anilines is 1. The number of carbonyl (C=O) groups excluding carboxylic acids is 2. The van der Waals surface area contributed by atoms with E-state index in [-0.39, 0.29) is 11.8 Å². The van der Waals surface area contributed by atoms with Crippen LogP contribution in [0.3, 0.4) is 0 Å². The SMILES string of the molecule is CC1=C(C)C(=O)N(Nc2cc(C)c3ccc(Cl)c(C)c3n2)C1=O. The number of hydrogen-bond acceptors (Lipinski definition) is 4. The maximum atomic E-state index is 12.1. The van der Waals surface area contributed by atoms with E-state index in [1.165, 1.54) is 0 Å². The summed E-state index contributed by atoms with van der Waals surface area (Å²) in [6, 6.07) is 5.56. The van der Waals surface area contributed by atoms with E-state index < -0.39 is 0 Å². The third-order valence-corrected chi connectivity index (χ3v) is 4.62. The zero-order chi connectivity index (χ0) is 16.9. The molecule has 6 heteroatoms. The van der Waals surface area contributed by atoms with E-state index in [0.717, 1.165) is 27.0 Å². The molecular formula is C17H16ClN3O2. The number of hydrazine groups is 1. The van der Waals surface area contributed by atoms with Gasteiger partial charge >= 0.3 is 0 Å². The summed E-state index contributed by atoms with van der Waals surface area (Å²) in [5.74, 6) is -0.269. The molecule has 1 aromatic carbocycles. The number of fused-ring (bicyclic) bond motifs is 1. The molecule has 0 saturated heterocycles. The lowest BCUT2D eigenvalue weighted by molar-refractivity contribution is -0.135. The molecule has 0 radical (unpaired) electrons. The Hall–Kier alpha value is -2.40. The van der Waals surface area contributed by atoms with E-state index >= 15 is 0 Å². The van der Waals surface area contributed by atoms with Gasteiger partial charge in [-0.2, -0.15) is 5.01 Å². The number of nitrogens with zero attached hydrogens (tertiary/aromatic N) is 2. The topological polar surface area (TPSA) is 62.3 Å². The molecule has 1 N–H and O–H groups in total. The molecule has 0 fully saturated rings. The van der Waals surface area contributed by atoms with E-state index in [1.807, 2.05) is 26.0 Å². The van der Waals surface area contributed by atoms with E-state index in [1.54, 1.807) is 19.9 Å². The van der Waals surface area contributed by atoms with Gasteiger partial charge < -0.3 is 0 Å². The van der Waals surface area contributed by atoms with Gasteiger partial charge in [0.05, 0.1) is 5.52 Å². The summed E-state index contributed by atoms with van der Waals surface area (Å²) in [7, 11) is 0. The Labute approximate surface area is 138 Å². The molecule has 1 aliphatic rings. The van der Waals surface area contributed by atoms with Gasteiger partial charge in [-0.1, -0.05) is 17.7 Å². The fourth-order valence-electron chi connectivity index (χ4n) is 2.60. The Morgan fingerprint density at radius 2 is 1.65 bits per heavy atom. The molecule has 0 bridgehead atoms. The van der Waals surface area contributed by atoms with Crippen LogP contribution in [0.15, 0.2) is 29.3 Å². The fraction of sp³-hybridized carbons (Fsp3) is 0.235. The first-order chi connectivity index (χ1) is 10.8. The Balaban J connectivity index is 2.04. The standard InChI is InChI=1S/C17H16ClN3O2/c1-8-7-14(19-15-11(4)13(18)6-5-12(8)15)20-21-16(22)9(2)10(3)17(21)23/h5-7H,1-4H3,(H,19,20). The van der Waals surface area contributed by atoms with E-state index in [9.17, 15) is 9.59 Å².